The quantitative estimate of drug-likeness (QED) is 0.715. The number of hydrogen-bond donors (Lipinski definition) is 2. The van der Waals surface area contributed by atoms with Crippen LogP contribution in [0.2, 0.25) is 0 Å². The largest absolute Gasteiger partial charge is 0.356 e. The van der Waals surface area contributed by atoms with E-state index >= 15 is 0 Å². The molecule has 4 heterocycles. The lowest BCUT2D eigenvalue weighted by molar-refractivity contribution is 0.720. The van der Waals surface area contributed by atoms with Gasteiger partial charge in [0.15, 0.2) is 16.9 Å². The Kier molecular flexibility index (Phi) is 4.62. The number of benzene rings is 1. The fraction of sp³-hybridized carbons (Fsp3) is 0.300. The van der Waals surface area contributed by atoms with E-state index in [2.05, 4.69) is 54.8 Å². The maximum Gasteiger partial charge on any atom is 0.197 e. The van der Waals surface area contributed by atoms with Crippen molar-refractivity contribution >= 4 is 28.2 Å². The molecule has 2 aromatic heterocycles. The van der Waals surface area contributed by atoms with Crippen molar-refractivity contribution in [3.8, 4) is 11.5 Å². The van der Waals surface area contributed by atoms with Gasteiger partial charge in [0.2, 0.25) is 0 Å². The molecule has 2 N–H and O–H groups in total. The van der Waals surface area contributed by atoms with Gasteiger partial charge in [-0.1, -0.05) is 24.3 Å². The summed E-state index contributed by atoms with van der Waals surface area (Å²) < 4.78 is 0. The molecule has 0 bridgehead atoms. The number of hydrogen-bond acceptors (Lipinski definition) is 8. The average Bonchev–Trinajstić information content (AvgIpc) is 3.23. The van der Waals surface area contributed by atoms with Crippen molar-refractivity contribution in [2.45, 2.75) is 19.4 Å². The summed E-state index contributed by atoms with van der Waals surface area (Å²) in [4.78, 5) is 20.6. The number of fused-ring (bicyclic) bond motifs is 1. The summed E-state index contributed by atoms with van der Waals surface area (Å²) in [5.74, 6) is 2.38. The molecule has 2 aliphatic heterocycles. The molecule has 2 aliphatic rings. The number of guanidine groups is 1. The summed E-state index contributed by atoms with van der Waals surface area (Å²) in [6.07, 6.45) is 3.92. The van der Waals surface area contributed by atoms with Gasteiger partial charge >= 0.3 is 0 Å². The SMILES string of the molecule is c1ccc2c(c1)CCN(c1ccnc(-c3csc(NC4=NCCCN4)n3)n1)C2. The van der Waals surface area contributed by atoms with Crippen LogP contribution in [0.25, 0.3) is 11.5 Å². The van der Waals surface area contributed by atoms with Crippen LogP contribution in [0, 0.1) is 0 Å². The minimum Gasteiger partial charge on any atom is -0.356 e. The number of aliphatic imine (C=N–C) groups is 1. The number of nitrogens with zero attached hydrogens (tertiary/aromatic N) is 5. The normalized spacial score (nSPS) is 16.1. The van der Waals surface area contributed by atoms with Gasteiger partial charge in [0.1, 0.15) is 11.5 Å². The third-order valence-corrected chi connectivity index (χ3v) is 5.71. The molecule has 0 fully saturated rings. The van der Waals surface area contributed by atoms with E-state index in [1.807, 2.05) is 17.6 Å². The zero-order valence-corrected chi connectivity index (χ0v) is 16.2. The van der Waals surface area contributed by atoms with Crippen LogP contribution in [-0.4, -0.2) is 40.5 Å². The van der Waals surface area contributed by atoms with Crippen molar-refractivity contribution in [3.05, 3.63) is 53.0 Å². The van der Waals surface area contributed by atoms with Crippen LogP contribution in [0.15, 0.2) is 46.9 Å². The third-order valence-electron chi connectivity index (χ3n) is 4.95. The number of anilines is 2. The second-order valence-electron chi connectivity index (χ2n) is 6.85. The summed E-state index contributed by atoms with van der Waals surface area (Å²) in [6.45, 7) is 3.62. The fourth-order valence-corrected chi connectivity index (χ4v) is 4.18. The molecule has 8 heteroatoms. The van der Waals surface area contributed by atoms with Gasteiger partial charge in [0.05, 0.1) is 0 Å². The monoisotopic (exact) mass is 391 g/mol. The molecule has 0 unspecified atom stereocenters. The van der Waals surface area contributed by atoms with Crippen LogP contribution in [0.3, 0.4) is 0 Å². The van der Waals surface area contributed by atoms with Crippen molar-refractivity contribution in [3.63, 3.8) is 0 Å². The molecule has 1 aromatic carbocycles. The first kappa shape index (κ1) is 17.1. The van der Waals surface area contributed by atoms with Crippen LogP contribution in [-0.2, 0) is 13.0 Å². The van der Waals surface area contributed by atoms with E-state index in [0.29, 0.717) is 5.82 Å². The maximum absolute atomic E-state index is 4.79. The fourth-order valence-electron chi connectivity index (χ4n) is 3.49. The Morgan fingerprint density at radius 1 is 1.11 bits per heavy atom. The molecule has 0 atom stereocenters. The van der Waals surface area contributed by atoms with Gasteiger partial charge in [-0.2, -0.15) is 0 Å². The predicted molar refractivity (Wildman–Crippen MR) is 113 cm³/mol. The van der Waals surface area contributed by atoms with E-state index < -0.39 is 0 Å². The molecule has 0 saturated heterocycles. The van der Waals surface area contributed by atoms with Crippen molar-refractivity contribution in [1.29, 1.82) is 0 Å². The average molecular weight is 392 g/mol. The molecular formula is C20H21N7S. The molecule has 7 nitrogen and oxygen atoms in total. The topological polar surface area (TPSA) is 78.3 Å². The number of thiazole rings is 1. The Labute approximate surface area is 167 Å². The summed E-state index contributed by atoms with van der Waals surface area (Å²) in [5, 5.41) is 9.26. The second-order valence-corrected chi connectivity index (χ2v) is 7.71. The molecule has 3 aromatic rings. The summed E-state index contributed by atoms with van der Waals surface area (Å²) in [7, 11) is 0. The van der Waals surface area contributed by atoms with Crippen LogP contribution in [0.1, 0.15) is 17.5 Å². The highest BCUT2D eigenvalue weighted by molar-refractivity contribution is 7.14. The Bertz CT molecular complexity index is 1010. The lowest BCUT2D eigenvalue weighted by Crippen LogP contribution is -2.35. The molecular weight excluding hydrogens is 370 g/mol. The molecule has 28 heavy (non-hydrogen) atoms. The Hall–Kier alpha value is -3.00. The van der Waals surface area contributed by atoms with Crippen molar-refractivity contribution in [1.82, 2.24) is 20.3 Å². The van der Waals surface area contributed by atoms with Gasteiger partial charge < -0.3 is 15.5 Å². The third kappa shape index (κ3) is 3.55. The van der Waals surface area contributed by atoms with E-state index in [1.165, 1.54) is 22.5 Å². The summed E-state index contributed by atoms with van der Waals surface area (Å²) in [5.41, 5.74) is 3.58. The van der Waals surface area contributed by atoms with Gasteiger partial charge in [0, 0.05) is 37.8 Å². The van der Waals surface area contributed by atoms with Crippen LogP contribution in [0.5, 0.6) is 0 Å². The minimum absolute atomic E-state index is 0.652. The van der Waals surface area contributed by atoms with Crippen LogP contribution >= 0.6 is 11.3 Å². The number of nitrogens with one attached hydrogen (secondary N) is 2. The highest BCUT2D eigenvalue weighted by atomic mass is 32.1. The van der Waals surface area contributed by atoms with Gasteiger partial charge in [-0.3, -0.25) is 4.99 Å². The Morgan fingerprint density at radius 2 is 2.04 bits per heavy atom. The Morgan fingerprint density at radius 3 is 2.93 bits per heavy atom. The van der Waals surface area contributed by atoms with E-state index in [0.717, 1.165) is 61.6 Å². The summed E-state index contributed by atoms with van der Waals surface area (Å²) in [6, 6.07) is 10.6. The van der Waals surface area contributed by atoms with Crippen molar-refractivity contribution in [2.75, 3.05) is 29.9 Å². The van der Waals surface area contributed by atoms with Gasteiger partial charge in [0.25, 0.3) is 0 Å². The lowest BCUT2D eigenvalue weighted by atomic mass is 10.00. The second kappa shape index (κ2) is 7.55. The lowest BCUT2D eigenvalue weighted by Gasteiger charge is -2.29. The van der Waals surface area contributed by atoms with E-state index in [4.69, 9.17) is 4.98 Å². The van der Waals surface area contributed by atoms with Crippen molar-refractivity contribution < 1.29 is 0 Å². The van der Waals surface area contributed by atoms with Gasteiger partial charge in [-0.15, -0.1) is 11.3 Å². The Balaban J connectivity index is 1.34. The molecule has 0 radical (unpaired) electrons. The zero-order valence-electron chi connectivity index (χ0n) is 15.4. The van der Waals surface area contributed by atoms with Gasteiger partial charge in [-0.25, -0.2) is 15.0 Å². The number of rotatable bonds is 3. The van der Waals surface area contributed by atoms with Gasteiger partial charge in [-0.05, 0) is 30.0 Å². The predicted octanol–water partition coefficient (Wildman–Crippen LogP) is 2.92. The van der Waals surface area contributed by atoms with Crippen LogP contribution < -0.4 is 15.5 Å². The zero-order chi connectivity index (χ0) is 18.8. The molecule has 0 aliphatic carbocycles. The van der Waals surface area contributed by atoms with Crippen molar-refractivity contribution in [2.24, 2.45) is 4.99 Å². The smallest absolute Gasteiger partial charge is 0.197 e. The molecule has 142 valence electrons. The highest BCUT2D eigenvalue weighted by Gasteiger charge is 2.18. The molecule has 0 saturated carbocycles. The standard InChI is InChI=1S/C20H21N7S/c1-2-5-15-12-27(11-7-14(15)4-1)17-6-10-21-18(25-17)16-13-28-20(24-16)26-19-22-8-3-9-23-19/h1-2,4-6,10,13H,3,7-9,11-12H2,(H2,22,23,24,26). The highest BCUT2D eigenvalue weighted by Crippen LogP contribution is 2.26. The van der Waals surface area contributed by atoms with Crippen LogP contribution in [0.4, 0.5) is 10.9 Å². The molecule has 0 amide bonds. The molecule has 5 rings (SSSR count). The first-order valence-electron chi connectivity index (χ1n) is 9.51. The molecule has 0 spiro atoms. The van der Waals surface area contributed by atoms with E-state index in [9.17, 15) is 0 Å². The first-order chi connectivity index (χ1) is 13.8. The van der Waals surface area contributed by atoms with E-state index in [1.54, 1.807) is 0 Å². The maximum atomic E-state index is 4.79. The van der Waals surface area contributed by atoms with E-state index in [-0.39, 0.29) is 0 Å². The number of aromatic nitrogens is 3. The summed E-state index contributed by atoms with van der Waals surface area (Å²) >= 11 is 1.53. The first-order valence-corrected chi connectivity index (χ1v) is 10.4. The minimum atomic E-state index is 0.652.